The van der Waals surface area contributed by atoms with E-state index in [1.54, 1.807) is 18.2 Å². The van der Waals surface area contributed by atoms with Crippen molar-refractivity contribution in [3.8, 4) is 5.75 Å². The van der Waals surface area contributed by atoms with Crippen LogP contribution in [-0.4, -0.2) is 28.6 Å². The van der Waals surface area contributed by atoms with Crippen LogP contribution in [0, 0.1) is 5.82 Å². The average Bonchev–Trinajstić information content (AvgIpc) is 2.45. The van der Waals surface area contributed by atoms with Crippen molar-refractivity contribution in [2.45, 2.75) is 35.6 Å². The predicted molar refractivity (Wildman–Crippen MR) is 85.8 cm³/mol. The molecule has 1 aromatic rings. The molecule has 6 heteroatoms. The highest BCUT2D eigenvalue weighted by Gasteiger charge is 2.33. The Morgan fingerprint density at radius 3 is 2.75 bits per heavy atom. The van der Waals surface area contributed by atoms with Crippen LogP contribution in [0.4, 0.5) is 4.39 Å². The van der Waals surface area contributed by atoms with E-state index in [2.05, 4.69) is 19.3 Å². The normalized spacial score (nSPS) is 28.1. The van der Waals surface area contributed by atoms with Gasteiger partial charge in [-0.3, -0.25) is 11.3 Å². The maximum absolute atomic E-state index is 14.4. The fourth-order valence-electron chi connectivity index (χ4n) is 2.31. The summed E-state index contributed by atoms with van der Waals surface area (Å²) in [4.78, 5) is 0. The predicted octanol–water partition coefficient (Wildman–Crippen LogP) is 2.96. The molecule has 0 aliphatic carbocycles. The number of benzene rings is 1. The Bertz CT molecular complexity index is 461. The second kappa shape index (κ2) is 7.02. The van der Waals surface area contributed by atoms with E-state index >= 15 is 0 Å². The molecule has 0 aromatic heterocycles. The molecule has 1 saturated heterocycles. The molecule has 1 aliphatic heterocycles. The van der Waals surface area contributed by atoms with Crippen LogP contribution in [0.15, 0.2) is 18.2 Å². The van der Waals surface area contributed by atoms with Gasteiger partial charge >= 0.3 is 0 Å². The van der Waals surface area contributed by atoms with Crippen molar-refractivity contribution in [3.05, 3.63) is 29.6 Å². The van der Waals surface area contributed by atoms with Gasteiger partial charge in [0.1, 0.15) is 0 Å². The highest BCUT2D eigenvalue weighted by atomic mass is 32.2. The largest absolute Gasteiger partial charge is 0.494 e. The molecule has 0 bridgehead atoms. The molecule has 112 valence electrons. The lowest BCUT2D eigenvalue weighted by Gasteiger charge is -2.36. The summed E-state index contributed by atoms with van der Waals surface area (Å²) in [5.74, 6) is 6.59. The molecule has 1 heterocycles. The Hall–Kier alpha value is -0.430. The molecule has 4 unspecified atom stereocenters. The number of methoxy groups -OCH3 is 1. The summed E-state index contributed by atoms with van der Waals surface area (Å²) in [6.45, 7) is 4.44. The quantitative estimate of drug-likeness (QED) is 0.660. The first kappa shape index (κ1) is 15.9. The van der Waals surface area contributed by atoms with Crippen molar-refractivity contribution in [2.75, 3.05) is 12.9 Å². The molecule has 2 rings (SSSR count). The van der Waals surface area contributed by atoms with E-state index in [1.807, 2.05) is 23.5 Å². The SMILES string of the molecule is COc1cccc(C(NN)C2CSC(C)C(C)S2)c1F. The molecular formula is C14H21FN2OS2. The number of thioether (sulfide) groups is 2. The van der Waals surface area contributed by atoms with E-state index in [-0.39, 0.29) is 22.9 Å². The Morgan fingerprint density at radius 2 is 2.15 bits per heavy atom. The van der Waals surface area contributed by atoms with Gasteiger partial charge in [0.25, 0.3) is 0 Å². The van der Waals surface area contributed by atoms with Crippen LogP contribution in [0.2, 0.25) is 0 Å². The van der Waals surface area contributed by atoms with Crippen LogP contribution in [0.1, 0.15) is 25.5 Å². The van der Waals surface area contributed by atoms with E-state index in [4.69, 9.17) is 10.6 Å². The zero-order valence-corrected chi connectivity index (χ0v) is 13.6. The number of hydrazine groups is 1. The molecule has 3 nitrogen and oxygen atoms in total. The van der Waals surface area contributed by atoms with Crippen LogP contribution in [0.5, 0.6) is 5.75 Å². The summed E-state index contributed by atoms with van der Waals surface area (Å²) in [6, 6.07) is 4.99. The summed E-state index contributed by atoms with van der Waals surface area (Å²) in [5, 5.41) is 1.39. The zero-order valence-electron chi connectivity index (χ0n) is 11.9. The summed E-state index contributed by atoms with van der Waals surface area (Å²) in [7, 11) is 1.47. The molecule has 0 radical (unpaired) electrons. The minimum absolute atomic E-state index is 0.211. The van der Waals surface area contributed by atoms with Gasteiger partial charge in [0.15, 0.2) is 11.6 Å². The standard InChI is InChI=1S/C14H21FN2OS2/c1-8-9(2)20-12(7-19-8)14(17-16)10-5-4-6-11(18-3)13(10)15/h4-6,8-9,12,14,17H,7,16H2,1-3H3. The fourth-order valence-corrected chi connectivity index (χ4v) is 5.40. The second-order valence-corrected chi connectivity index (χ2v) is 7.96. The maximum Gasteiger partial charge on any atom is 0.169 e. The van der Waals surface area contributed by atoms with Crippen LogP contribution in [0.3, 0.4) is 0 Å². The number of ether oxygens (including phenoxy) is 1. The highest BCUT2D eigenvalue weighted by Crippen LogP contribution is 2.41. The number of hydrogen-bond acceptors (Lipinski definition) is 5. The van der Waals surface area contributed by atoms with Gasteiger partial charge in [0.2, 0.25) is 0 Å². The molecule has 3 N–H and O–H groups in total. The molecule has 1 fully saturated rings. The fraction of sp³-hybridized carbons (Fsp3) is 0.571. The minimum Gasteiger partial charge on any atom is -0.494 e. The Labute approximate surface area is 128 Å². The van der Waals surface area contributed by atoms with Crippen molar-refractivity contribution in [2.24, 2.45) is 5.84 Å². The van der Waals surface area contributed by atoms with Crippen molar-refractivity contribution in [3.63, 3.8) is 0 Å². The van der Waals surface area contributed by atoms with E-state index in [0.717, 1.165) is 5.75 Å². The van der Waals surface area contributed by atoms with Crippen molar-refractivity contribution >= 4 is 23.5 Å². The van der Waals surface area contributed by atoms with Gasteiger partial charge in [-0.25, -0.2) is 4.39 Å². The van der Waals surface area contributed by atoms with Crippen LogP contribution in [-0.2, 0) is 0 Å². The molecular weight excluding hydrogens is 295 g/mol. The molecule has 0 saturated carbocycles. The molecule has 0 spiro atoms. The van der Waals surface area contributed by atoms with E-state index < -0.39 is 0 Å². The molecule has 0 amide bonds. The smallest absolute Gasteiger partial charge is 0.169 e. The van der Waals surface area contributed by atoms with Gasteiger partial charge in [0, 0.05) is 27.1 Å². The van der Waals surface area contributed by atoms with Gasteiger partial charge in [-0.15, -0.1) is 0 Å². The van der Waals surface area contributed by atoms with Crippen molar-refractivity contribution < 1.29 is 9.13 Å². The number of halogens is 1. The van der Waals surface area contributed by atoms with Crippen molar-refractivity contribution in [1.82, 2.24) is 5.43 Å². The third-order valence-corrected chi connectivity index (χ3v) is 7.17. The number of rotatable bonds is 4. The number of nitrogens with one attached hydrogen (secondary N) is 1. The third-order valence-electron chi connectivity index (χ3n) is 3.67. The highest BCUT2D eigenvalue weighted by molar-refractivity contribution is 8.07. The Kier molecular flexibility index (Phi) is 5.60. The average molecular weight is 316 g/mol. The summed E-state index contributed by atoms with van der Waals surface area (Å²) < 4.78 is 19.5. The van der Waals surface area contributed by atoms with Crippen molar-refractivity contribution in [1.29, 1.82) is 0 Å². The Morgan fingerprint density at radius 1 is 1.40 bits per heavy atom. The van der Waals surface area contributed by atoms with Gasteiger partial charge in [-0.2, -0.15) is 23.5 Å². The maximum atomic E-state index is 14.4. The molecule has 1 aliphatic rings. The zero-order chi connectivity index (χ0) is 14.7. The number of hydrogen-bond donors (Lipinski definition) is 2. The lowest BCUT2D eigenvalue weighted by molar-refractivity contribution is 0.379. The first-order valence-corrected chi connectivity index (χ1v) is 8.63. The van der Waals surface area contributed by atoms with Crippen LogP contribution < -0.4 is 16.0 Å². The second-order valence-electron chi connectivity index (χ2n) is 4.93. The summed E-state index contributed by atoms with van der Waals surface area (Å²) >= 11 is 3.79. The third kappa shape index (κ3) is 3.24. The summed E-state index contributed by atoms with van der Waals surface area (Å²) in [5.41, 5.74) is 3.36. The van der Waals surface area contributed by atoms with E-state index in [1.165, 1.54) is 7.11 Å². The number of nitrogens with two attached hydrogens (primary N) is 1. The topological polar surface area (TPSA) is 47.3 Å². The van der Waals surface area contributed by atoms with Gasteiger partial charge in [0.05, 0.1) is 13.2 Å². The monoisotopic (exact) mass is 316 g/mol. The van der Waals surface area contributed by atoms with E-state index in [0.29, 0.717) is 16.1 Å². The summed E-state index contributed by atoms with van der Waals surface area (Å²) in [6.07, 6.45) is 0. The molecule has 4 atom stereocenters. The van der Waals surface area contributed by atoms with E-state index in [9.17, 15) is 4.39 Å². The van der Waals surface area contributed by atoms with Crippen LogP contribution >= 0.6 is 23.5 Å². The first-order chi connectivity index (χ1) is 9.58. The van der Waals surface area contributed by atoms with Gasteiger partial charge in [-0.1, -0.05) is 26.0 Å². The lowest BCUT2D eigenvalue weighted by Crippen LogP contribution is -2.40. The minimum atomic E-state index is -0.324. The first-order valence-electron chi connectivity index (χ1n) is 6.64. The molecule has 20 heavy (non-hydrogen) atoms. The van der Waals surface area contributed by atoms with Gasteiger partial charge in [-0.05, 0) is 6.07 Å². The van der Waals surface area contributed by atoms with Crippen LogP contribution in [0.25, 0.3) is 0 Å². The van der Waals surface area contributed by atoms with Gasteiger partial charge < -0.3 is 4.74 Å². The molecule has 1 aromatic carbocycles. The Balaban J connectivity index is 2.24. The lowest BCUT2D eigenvalue weighted by atomic mass is 10.0.